The van der Waals surface area contributed by atoms with Crippen LogP contribution in [0.15, 0.2) is 54.9 Å². The summed E-state index contributed by atoms with van der Waals surface area (Å²) in [5.74, 6) is 1.00. The molecule has 1 N–H and O–H groups in total. The predicted octanol–water partition coefficient (Wildman–Crippen LogP) is 5.02. The van der Waals surface area contributed by atoms with Gasteiger partial charge >= 0.3 is 0 Å². The van der Waals surface area contributed by atoms with Gasteiger partial charge in [0.05, 0.1) is 18.4 Å². The van der Waals surface area contributed by atoms with E-state index >= 15 is 0 Å². The fourth-order valence-electron chi connectivity index (χ4n) is 3.63. The van der Waals surface area contributed by atoms with E-state index in [2.05, 4.69) is 31.5 Å². The summed E-state index contributed by atoms with van der Waals surface area (Å²) in [6.07, 6.45) is 5.96. The van der Waals surface area contributed by atoms with Gasteiger partial charge in [0.1, 0.15) is 12.4 Å². The number of methoxy groups -OCH3 is 1. The summed E-state index contributed by atoms with van der Waals surface area (Å²) >= 11 is 1.16. The zero-order valence-electron chi connectivity index (χ0n) is 18.8. The molecule has 0 spiro atoms. The molecule has 5 rings (SSSR count). The molecule has 0 radical (unpaired) electrons. The van der Waals surface area contributed by atoms with E-state index in [1.807, 2.05) is 49.5 Å². The summed E-state index contributed by atoms with van der Waals surface area (Å²) in [6.45, 7) is 2.16. The highest BCUT2D eigenvalue weighted by atomic mass is 32.1. The van der Waals surface area contributed by atoms with Gasteiger partial charge in [0, 0.05) is 29.2 Å². The van der Waals surface area contributed by atoms with Crippen LogP contribution in [0.25, 0.3) is 11.1 Å². The van der Waals surface area contributed by atoms with Gasteiger partial charge in [-0.05, 0) is 60.8 Å². The molecule has 3 heterocycles. The van der Waals surface area contributed by atoms with Gasteiger partial charge in [0.2, 0.25) is 5.13 Å². The first-order valence-electron chi connectivity index (χ1n) is 10.9. The number of hydrogen-bond acceptors (Lipinski definition) is 8. The number of pyridine rings is 2. The maximum atomic E-state index is 13.1. The van der Waals surface area contributed by atoms with Crippen molar-refractivity contribution in [2.45, 2.75) is 32.3 Å². The molecule has 1 aliphatic carbocycles. The number of amides is 1. The summed E-state index contributed by atoms with van der Waals surface area (Å²) < 4.78 is 11.2. The Kier molecular flexibility index (Phi) is 6.18. The number of hydrogen-bond donors (Lipinski definition) is 1. The summed E-state index contributed by atoms with van der Waals surface area (Å²) in [5.41, 5.74) is 4.84. The van der Waals surface area contributed by atoms with Crippen LogP contribution in [0.2, 0.25) is 0 Å². The zero-order valence-corrected chi connectivity index (χ0v) is 19.6. The van der Waals surface area contributed by atoms with Crippen molar-refractivity contribution in [3.05, 3.63) is 77.4 Å². The maximum absolute atomic E-state index is 13.1. The molecule has 0 unspecified atom stereocenters. The van der Waals surface area contributed by atoms with Crippen molar-refractivity contribution in [1.29, 1.82) is 0 Å². The summed E-state index contributed by atoms with van der Waals surface area (Å²) in [6, 6.07) is 13.5. The van der Waals surface area contributed by atoms with Crippen molar-refractivity contribution in [2.24, 2.45) is 0 Å². The van der Waals surface area contributed by atoms with E-state index in [-0.39, 0.29) is 12.5 Å². The summed E-state index contributed by atoms with van der Waals surface area (Å²) in [5, 5.41) is 11.6. The van der Waals surface area contributed by atoms with E-state index in [4.69, 9.17) is 9.47 Å². The monoisotopic (exact) mass is 473 g/mol. The normalized spacial score (nSPS) is 12.9. The molecule has 1 aromatic carbocycles. The van der Waals surface area contributed by atoms with E-state index in [0.717, 1.165) is 33.9 Å². The predicted molar refractivity (Wildman–Crippen MR) is 129 cm³/mol. The van der Waals surface area contributed by atoms with Crippen molar-refractivity contribution in [2.75, 3.05) is 12.4 Å². The lowest BCUT2D eigenvalue weighted by atomic mass is 9.99. The van der Waals surface area contributed by atoms with Gasteiger partial charge in [0.25, 0.3) is 11.1 Å². The van der Waals surface area contributed by atoms with Gasteiger partial charge in [-0.3, -0.25) is 20.1 Å². The minimum absolute atomic E-state index is 0.285. The first kappa shape index (κ1) is 22.0. The fraction of sp³-hybridized carbons (Fsp3) is 0.240. The number of nitrogens with one attached hydrogen (secondary N) is 1. The van der Waals surface area contributed by atoms with E-state index in [1.165, 1.54) is 18.4 Å². The SMILES string of the molecule is COc1ccccc1-c1cc(C)ncc1C(=O)Nc1nnc(OCc2ccc(C3CC3)cn2)s1. The second kappa shape index (κ2) is 9.56. The number of aryl methyl sites for hydroxylation is 1. The van der Waals surface area contributed by atoms with Crippen molar-refractivity contribution in [3.8, 4) is 22.1 Å². The molecule has 172 valence electrons. The molecule has 1 aliphatic rings. The number of carbonyl (C=O) groups excluding carboxylic acids is 1. The lowest BCUT2D eigenvalue weighted by molar-refractivity contribution is 0.102. The number of nitrogens with zero attached hydrogens (tertiary/aromatic N) is 4. The van der Waals surface area contributed by atoms with Crippen LogP contribution in [0.3, 0.4) is 0 Å². The molecular formula is C25H23N5O3S. The summed E-state index contributed by atoms with van der Waals surface area (Å²) in [7, 11) is 1.60. The quantitative estimate of drug-likeness (QED) is 0.383. The van der Waals surface area contributed by atoms with Gasteiger partial charge in [-0.15, -0.1) is 5.10 Å². The van der Waals surface area contributed by atoms with Gasteiger partial charge in [-0.25, -0.2) is 0 Å². The number of para-hydroxylation sites is 1. The lowest BCUT2D eigenvalue weighted by Gasteiger charge is -2.13. The molecule has 8 nitrogen and oxygen atoms in total. The number of benzene rings is 1. The van der Waals surface area contributed by atoms with Crippen LogP contribution in [0.4, 0.5) is 5.13 Å². The Labute approximate surface area is 201 Å². The third kappa shape index (κ3) is 4.89. The maximum Gasteiger partial charge on any atom is 0.296 e. The van der Waals surface area contributed by atoms with E-state index in [9.17, 15) is 4.79 Å². The molecule has 0 saturated heterocycles. The average molecular weight is 474 g/mol. The van der Waals surface area contributed by atoms with Crippen LogP contribution in [0, 0.1) is 6.92 Å². The largest absolute Gasteiger partial charge is 0.496 e. The molecule has 4 aromatic rings. The molecule has 0 atom stereocenters. The van der Waals surface area contributed by atoms with Gasteiger partial charge in [-0.1, -0.05) is 29.4 Å². The fourth-order valence-corrected chi connectivity index (χ4v) is 4.22. The van der Waals surface area contributed by atoms with Crippen LogP contribution >= 0.6 is 11.3 Å². The third-order valence-corrected chi connectivity index (χ3v) is 6.30. The van der Waals surface area contributed by atoms with Crippen LogP contribution < -0.4 is 14.8 Å². The minimum atomic E-state index is -0.339. The minimum Gasteiger partial charge on any atom is -0.496 e. The van der Waals surface area contributed by atoms with E-state index < -0.39 is 0 Å². The lowest BCUT2D eigenvalue weighted by Crippen LogP contribution is -2.14. The highest BCUT2D eigenvalue weighted by Gasteiger charge is 2.23. The molecule has 0 aliphatic heterocycles. The van der Waals surface area contributed by atoms with Crippen LogP contribution in [0.1, 0.15) is 46.1 Å². The Bertz CT molecular complexity index is 1320. The first-order chi connectivity index (χ1) is 16.6. The highest BCUT2D eigenvalue weighted by molar-refractivity contribution is 7.17. The van der Waals surface area contributed by atoms with Gasteiger partial charge in [0.15, 0.2) is 0 Å². The molecule has 3 aromatic heterocycles. The van der Waals surface area contributed by atoms with E-state index in [1.54, 1.807) is 13.3 Å². The molecule has 9 heteroatoms. The Hall–Kier alpha value is -3.85. The Balaban J connectivity index is 1.28. The average Bonchev–Trinajstić information content (AvgIpc) is 3.62. The van der Waals surface area contributed by atoms with Crippen LogP contribution in [-0.4, -0.2) is 33.2 Å². The third-order valence-electron chi connectivity index (χ3n) is 5.55. The van der Waals surface area contributed by atoms with Crippen LogP contribution in [0.5, 0.6) is 10.9 Å². The molecule has 1 amide bonds. The topological polar surface area (TPSA) is 99.1 Å². The number of rotatable bonds is 8. The zero-order chi connectivity index (χ0) is 23.5. The van der Waals surface area contributed by atoms with E-state index in [0.29, 0.717) is 27.6 Å². The molecule has 34 heavy (non-hydrogen) atoms. The van der Waals surface area contributed by atoms with Crippen molar-refractivity contribution < 1.29 is 14.3 Å². The number of anilines is 1. The smallest absolute Gasteiger partial charge is 0.296 e. The Morgan fingerprint density at radius 3 is 2.71 bits per heavy atom. The highest BCUT2D eigenvalue weighted by Crippen LogP contribution is 2.39. The van der Waals surface area contributed by atoms with Crippen molar-refractivity contribution in [3.63, 3.8) is 0 Å². The number of carbonyl (C=O) groups is 1. The van der Waals surface area contributed by atoms with Gasteiger partial charge in [-0.2, -0.15) is 0 Å². The molecular weight excluding hydrogens is 450 g/mol. The standard InChI is InChI=1S/C25H23N5O3S/c1-15-11-20(19-5-3-4-6-22(19)32-2)21(13-26-15)23(31)28-24-29-30-25(34-24)33-14-18-10-9-17(12-27-18)16-7-8-16/h3-6,9-13,16H,7-8,14H2,1-2H3,(H,28,29,31). The molecule has 0 bridgehead atoms. The Morgan fingerprint density at radius 1 is 1.09 bits per heavy atom. The molecule has 1 fully saturated rings. The first-order valence-corrected chi connectivity index (χ1v) is 11.7. The molecule has 1 saturated carbocycles. The second-order valence-electron chi connectivity index (χ2n) is 8.04. The second-order valence-corrected chi connectivity index (χ2v) is 8.98. The number of ether oxygens (including phenoxy) is 2. The summed E-state index contributed by atoms with van der Waals surface area (Å²) in [4.78, 5) is 21.9. The Morgan fingerprint density at radius 2 is 1.94 bits per heavy atom. The van der Waals surface area contributed by atoms with Gasteiger partial charge < -0.3 is 9.47 Å². The van der Waals surface area contributed by atoms with Crippen molar-refractivity contribution >= 4 is 22.4 Å². The van der Waals surface area contributed by atoms with Crippen LogP contribution in [-0.2, 0) is 6.61 Å². The number of aromatic nitrogens is 4. The van der Waals surface area contributed by atoms with Crippen molar-refractivity contribution in [1.82, 2.24) is 20.2 Å².